The summed E-state index contributed by atoms with van der Waals surface area (Å²) in [6, 6.07) is 27.5. The monoisotopic (exact) mass is 318 g/mol. The molecule has 0 aliphatic carbocycles. The van der Waals surface area contributed by atoms with Gasteiger partial charge in [-0.2, -0.15) is 4.79 Å². The van der Waals surface area contributed by atoms with Crippen LogP contribution in [0.5, 0.6) is 0 Å². The lowest BCUT2D eigenvalue weighted by atomic mass is 10.2. The Bertz CT molecular complexity index is 843. The van der Waals surface area contributed by atoms with Crippen molar-refractivity contribution < 1.29 is 9.35 Å². The van der Waals surface area contributed by atoms with E-state index in [4.69, 9.17) is 0 Å². The van der Waals surface area contributed by atoms with Crippen LogP contribution in [0.4, 0.5) is 0 Å². The minimum atomic E-state index is -3.26. The largest absolute Gasteiger partial charge is 0.362 e. The average molecular weight is 318 g/mol. The maximum Gasteiger partial charge on any atom is 0.362 e. The molecule has 0 spiro atoms. The lowest BCUT2D eigenvalue weighted by molar-refractivity contribution is 0.000632. The maximum atomic E-state index is 14.1. The summed E-state index contributed by atoms with van der Waals surface area (Å²) in [5.74, 6) is 0. The molecule has 0 fully saturated rings. The molecule has 112 valence electrons. The van der Waals surface area contributed by atoms with E-state index >= 15 is 0 Å². The summed E-state index contributed by atoms with van der Waals surface area (Å²) in [4.78, 5) is 3.44. The van der Waals surface area contributed by atoms with Crippen LogP contribution in [-0.4, -0.2) is 10.2 Å². The van der Waals surface area contributed by atoms with Crippen LogP contribution < -0.4 is 10.6 Å². The summed E-state index contributed by atoms with van der Waals surface area (Å²) in [7, 11) is -3.26. The van der Waals surface area contributed by atoms with E-state index < -0.39 is 7.14 Å². The Morgan fingerprint density at radius 1 is 0.696 bits per heavy atom. The second kappa shape index (κ2) is 6.58. The molecule has 0 amide bonds. The fourth-order valence-electron chi connectivity index (χ4n) is 2.56. The van der Waals surface area contributed by atoms with Crippen LogP contribution in [-0.2, 0) is 4.57 Å². The molecule has 3 aromatic carbocycles. The fourth-order valence-corrected chi connectivity index (χ4v) is 5.17. The lowest BCUT2D eigenvalue weighted by Gasteiger charge is -2.15. The van der Waals surface area contributed by atoms with Gasteiger partial charge in [-0.1, -0.05) is 78.9 Å². The van der Waals surface area contributed by atoms with Crippen molar-refractivity contribution in [2.24, 2.45) is 0 Å². The van der Waals surface area contributed by atoms with Gasteiger partial charge >= 0.3 is 5.45 Å². The van der Waals surface area contributed by atoms with Crippen molar-refractivity contribution >= 4 is 23.2 Å². The standard InChI is InChI=1S/C19H15N2OP/c20-21-19(16-10-4-1-5-11-16)23(22,17-12-6-2-7-13-17)18-14-8-3-9-15-18/h1-15H. The van der Waals surface area contributed by atoms with Crippen LogP contribution >= 0.6 is 7.14 Å². The van der Waals surface area contributed by atoms with E-state index in [0.717, 1.165) is 0 Å². The predicted molar refractivity (Wildman–Crippen MR) is 93.9 cm³/mol. The van der Waals surface area contributed by atoms with Gasteiger partial charge in [-0.05, 0) is 12.1 Å². The van der Waals surface area contributed by atoms with Crippen LogP contribution in [0.25, 0.3) is 5.53 Å². The molecular formula is C19H15N2OP. The van der Waals surface area contributed by atoms with Crippen LogP contribution in [0.1, 0.15) is 5.56 Å². The highest BCUT2D eigenvalue weighted by Crippen LogP contribution is 2.46. The molecule has 0 bridgehead atoms. The molecule has 0 heterocycles. The van der Waals surface area contributed by atoms with Crippen LogP contribution in [0.2, 0.25) is 0 Å². The zero-order chi connectivity index (χ0) is 16.1. The van der Waals surface area contributed by atoms with E-state index in [-0.39, 0.29) is 5.45 Å². The maximum absolute atomic E-state index is 14.1. The van der Waals surface area contributed by atoms with Crippen molar-refractivity contribution in [1.29, 1.82) is 0 Å². The van der Waals surface area contributed by atoms with Gasteiger partial charge in [0.2, 0.25) is 0 Å². The second-order valence-electron chi connectivity index (χ2n) is 5.07. The summed E-state index contributed by atoms with van der Waals surface area (Å²) in [5, 5.41) is 1.28. The van der Waals surface area contributed by atoms with Crippen molar-refractivity contribution in [3.63, 3.8) is 0 Å². The molecule has 0 saturated carbocycles. The van der Waals surface area contributed by atoms with Crippen LogP contribution in [0.3, 0.4) is 0 Å². The summed E-state index contributed by atoms with van der Waals surface area (Å²) >= 11 is 0. The van der Waals surface area contributed by atoms with E-state index in [1.165, 1.54) is 0 Å². The molecule has 0 aromatic heterocycles. The number of hydrogen-bond acceptors (Lipinski definition) is 1. The van der Waals surface area contributed by atoms with Crippen molar-refractivity contribution in [1.82, 2.24) is 0 Å². The topological polar surface area (TPSA) is 53.5 Å². The van der Waals surface area contributed by atoms with E-state index in [2.05, 4.69) is 4.79 Å². The molecule has 0 aliphatic heterocycles. The van der Waals surface area contributed by atoms with E-state index in [1.54, 1.807) is 12.1 Å². The van der Waals surface area contributed by atoms with Crippen LogP contribution in [0.15, 0.2) is 91.0 Å². The van der Waals surface area contributed by atoms with Gasteiger partial charge in [-0.3, -0.25) is 0 Å². The average Bonchev–Trinajstić information content (AvgIpc) is 2.64. The molecule has 3 aromatic rings. The summed E-state index contributed by atoms with van der Waals surface area (Å²) in [5.41, 5.74) is 10.5. The van der Waals surface area contributed by atoms with Gasteiger partial charge in [0.15, 0.2) is 0 Å². The smallest absolute Gasteiger partial charge is 0.361 e. The molecule has 0 unspecified atom stereocenters. The molecule has 0 radical (unpaired) electrons. The zero-order valence-corrected chi connectivity index (χ0v) is 13.3. The predicted octanol–water partition coefficient (Wildman–Crippen LogP) is 3.68. The SMILES string of the molecule is [N-]=[N+]=C(c1ccccc1)P(=O)(c1ccccc1)c1ccccc1. The molecule has 3 rings (SSSR count). The molecule has 3 nitrogen and oxygen atoms in total. The van der Waals surface area contributed by atoms with Crippen molar-refractivity contribution in [3.8, 4) is 0 Å². The second-order valence-corrected chi connectivity index (χ2v) is 7.74. The number of benzene rings is 3. The van der Waals surface area contributed by atoms with Gasteiger partial charge in [0.05, 0.1) is 5.56 Å². The molecule has 4 heteroatoms. The Hall–Kier alpha value is -2.73. The van der Waals surface area contributed by atoms with E-state index in [0.29, 0.717) is 16.2 Å². The van der Waals surface area contributed by atoms with Crippen molar-refractivity contribution in [3.05, 3.63) is 102 Å². The van der Waals surface area contributed by atoms with E-state index in [9.17, 15) is 10.1 Å². The quantitative estimate of drug-likeness (QED) is 0.313. The third-order valence-corrected chi connectivity index (χ3v) is 6.66. The highest BCUT2D eigenvalue weighted by Gasteiger charge is 2.41. The van der Waals surface area contributed by atoms with Gasteiger partial charge in [0, 0.05) is 10.6 Å². The third kappa shape index (κ3) is 2.80. The van der Waals surface area contributed by atoms with Gasteiger partial charge in [0.25, 0.3) is 7.14 Å². The summed E-state index contributed by atoms with van der Waals surface area (Å²) in [6.07, 6.45) is 0. The van der Waals surface area contributed by atoms with Gasteiger partial charge in [-0.25, -0.2) is 0 Å². The third-order valence-electron chi connectivity index (χ3n) is 3.66. The Balaban J connectivity index is 2.29. The lowest BCUT2D eigenvalue weighted by Crippen LogP contribution is -2.23. The van der Waals surface area contributed by atoms with Crippen molar-refractivity contribution in [2.75, 3.05) is 0 Å². The number of nitrogens with zero attached hydrogens (tertiary/aromatic N) is 2. The minimum Gasteiger partial charge on any atom is -0.361 e. The van der Waals surface area contributed by atoms with Gasteiger partial charge < -0.3 is 10.1 Å². The first kappa shape index (κ1) is 15.2. The first-order valence-corrected chi connectivity index (χ1v) is 8.97. The summed E-state index contributed by atoms with van der Waals surface area (Å²) in [6.45, 7) is 0. The normalized spacial score (nSPS) is 10.8. The van der Waals surface area contributed by atoms with Gasteiger partial charge in [-0.15, -0.1) is 0 Å². The Kier molecular flexibility index (Phi) is 4.34. The highest BCUT2D eigenvalue weighted by molar-refractivity contribution is 7.93. The molecular weight excluding hydrogens is 303 g/mol. The zero-order valence-electron chi connectivity index (χ0n) is 12.4. The number of hydrogen-bond donors (Lipinski definition) is 0. The molecule has 0 aliphatic rings. The molecule has 0 atom stereocenters. The minimum absolute atomic E-state index is 0.190. The fraction of sp³-hybridized carbons (Fsp3) is 0. The highest BCUT2D eigenvalue weighted by atomic mass is 31.2. The van der Waals surface area contributed by atoms with Crippen LogP contribution in [0, 0.1) is 0 Å². The molecule has 23 heavy (non-hydrogen) atoms. The molecule has 0 N–H and O–H groups in total. The number of rotatable bonds is 4. The Morgan fingerprint density at radius 2 is 1.09 bits per heavy atom. The Labute approximate surface area is 135 Å². The first-order valence-electron chi connectivity index (χ1n) is 7.26. The van der Waals surface area contributed by atoms with Crippen molar-refractivity contribution in [2.45, 2.75) is 0 Å². The summed E-state index contributed by atoms with van der Waals surface area (Å²) < 4.78 is 14.1. The van der Waals surface area contributed by atoms with Gasteiger partial charge in [0.1, 0.15) is 0 Å². The molecule has 0 saturated heterocycles. The van der Waals surface area contributed by atoms with E-state index in [1.807, 2.05) is 78.9 Å². The first-order chi connectivity index (χ1) is 11.3. The Morgan fingerprint density at radius 3 is 1.48 bits per heavy atom.